The van der Waals surface area contributed by atoms with Gasteiger partial charge in [0.1, 0.15) is 0 Å². The van der Waals surface area contributed by atoms with E-state index in [9.17, 15) is 4.79 Å². The van der Waals surface area contributed by atoms with Crippen molar-refractivity contribution in [1.82, 2.24) is 4.90 Å². The summed E-state index contributed by atoms with van der Waals surface area (Å²) in [5, 5.41) is 0. The fraction of sp³-hybridized carbons (Fsp3) is 0.278. The minimum Gasteiger partial charge on any atom is -0.454 e. The quantitative estimate of drug-likeness (QED) is 0.813. The Kier molecular flexibility index (Phi) is 3.31. The third-order valence-electron chi connectivity index (χ3n) is 4.26. The van der Waals surface area contributed by atoms with Crippen LogP contribution in [0.25, 0.3) is 0 Å². The standard InChI is InChI=1S/C18H17NO3/c20-16(13-5-6-17-18(9-13)22-12-21-17)7-8-19-10-14-3-1-2-4-15(14)11-19/h1-6,9H,7-8,10-12H2. The molecule has 0 fully saturated rings. The SMILES string of the molecule is O=C(CCN1Cc2ccccc2C1)c1ccc2c(c1)OCO2. The van der Waals surface area contributed by atoms with Crippen LogP contribution >= 0.6 is 0 Å². The predicted octanol–water partition coefficient (Wildman–Crippen LogP) is 3.00. The summed E-state index contributed by atoms with van der Waals surface area (Å²) in [5.41, 5.74) is 3.44. The van der Waals surface area contributed by atoms with Crippen molar-refractivity contribution in [2.45, 2.75) is 19.5 Å². The maximum Gasteiger partial charge on any atom is 0.231 e. The Balaban J connectivity index is 1.37. The van der Waals surface area contributed by atoms with Gasteiger partial charge in [0.15, 0.2) is 17.3 Å². The first-order valence-corrected chi connectivity index (χ1v) is 7.51. The van der Waals surface area contributed by atoms with Gasteiger partial charge in [-0.2, -0.15) is 0 Å². The highest BCUT2D eigenvalue weighted by atomic mass is 16.7. The van der Waals surface area contributed by atoms with Crippen molar-refractivity contribution < 1.29 is 14.3 Å². The summed E-state index contributed by atoms with van der Waals surface area (Å²) in [7, 11) is 0. The summed E-state index contributed by atoms with van der Waals surface area (Å²) in [6.45, 7) is 2.89. The third-order valence-corrected chi connectivity index (χ3v) is 4.26. The van der Waals surface area contributed by atoms with Crippen molar-refractivity contribution >= 4 is 5.78 Å². The molecule has 0 saturated carbocycles. The number of ketones is 1. The highest BCUT2D eigenvalue weighted by Crippen LogP contribution is 2.32. The zero-order valence-electron chi connectivity index (χ0n) is 12.2. The van der Waals surface area contributed by atoms with Gasteiger partial charge >= 0.3 is 0 Å². The van der Waals surface area contributed by atoms with E-state index in [1.165, 1.54) is 11.1 Å². The Morgan fingerprint density at radius 1 is 1.00 bits per heavy atom. The molecule has 22 heavy (non-hydrogen) atoms. The second-order valence-electron chi connectivity index (χ2n) is 5.72. The fourth-order valence-corrected chi connectivity index (χ4v) is 3.04. The number of ether oxygens (including phenoxy) is 2. The van der Waals surface area contributed by atoms with E-state index in [1.54, 1.807) is 12.1 Å². The van der Waals surface area contributed by atoms with Crippen LogP contribution in [0.1, 0.15) is 27.9 Å². The van der Waals surface area contributed by atoms with Crippen LogP contribution in [0.15, 0.2) is 42.5 Å². The lowest BCUT2D eigenvalue weighted by atomic mass is 10.1. The number of benzene rings is 2. The van der Waals surface area contributed by atoms with Crippen LogP contribution in [0.2, 0.25) is 0 Å². The summed E-state index contributed by atoms with van der Waals surface area (Å²) in [4.78, 5) is 14.7. The molecule has 2 aliphatic heterocycles. The molecular formula is C18H17NO3. The van der Waals surface area contributed by atoms with Gasteiger partial charge in [-0.3, -0.25) is 9.69 Å². The van der Waals surface area contributed by atoms with Gasteiger partial charge in [-0.25, -0.2) is 0 Å². The van der Waals surface area contributed by atoms with E-state index in [-0.39, 0.29) is 12.6 Å². The normalized spacial score (nSPS) is 15.8. The number of nitrogens with zero attached hydrogens (tertiary/aromatic N) is 1. The molecule has 0 spiro atoms. The van der Waals surface area contributed by atoms with E-state index in [4.69, 9.17) is 9.47 Å². The van der Waals surface area contributed by atoms with Gasteiger partial charge in [-0.15, -0.1) is 0 Å². The van der Waals surface area contributed by atoms with Gasteiger partial charge in [-0.05, 0) is 29.3 Å². The number of fused-ring (bicyclic) bond motifs is 2. The Labute approximate surface area is 129 Å². The molecule has 0 radical (unpaired) electrons. The number of hydrogen-bond acceptors (Lipinski definition) is 4. The van der Waals surface area contributed by atoms with Gasteiger partial charge in [0.25, 0.3) is 0 Å². The first kappa shape index (κ1) is 13.3. The molecule has 2 heterocycles. The number of carbonyl (C=O) groups is 1. The van der Waals surface area contributed by atoms with E-state index in [1.807, 2.05) is 6.07 Å². The number of Topliss-reactive ketones (excluding diaryl/α,β-unsaturated/α-hetero) is 1. The smallest absolute Gasteiger partial charge is 0.231 e. The first-order chi connectivity index (χ1) is 10.8. The molecule has 4 rings (SSSR count). The molecule has 2 aromatic carbocycles. The molecule has 0 aliphatic carbocycles. The van der Waals surface area contributed by atoms with E-state index >= 15 is 0 Å². The molecule has 2 aromatic rings. The molecular weight excluding hydrogens is 278 g/mol. The number of rotatable bonds is 4. The maximum atomic E-state index is 12.4. The first-order valence-electron chi connectivity index (χ1n) is 7.51. The van der Waals surface area contributed by atoms with Crippen molar-refractivity contribution in [3.05, 3.63) is 59.2 Å². The molecule has 0 saturated heterocycles. The highest BCUT2D eigenvalue weighted by Gasteiger charge is 2.20. The van der Waals surface area contributed by atoms with Crippen LogP contribution in [0.3, 0.4) is 0 Å². The lowest BCUT2D eigenvalue weighted by molar-refractivity contribution is 0.0963. The number of carbonyl (C=O) groups excluding carboxylic acids is 1. The number of hydrogen-bond donors (Lipinski definition) is 0. The molecule has 0 amide bonds. The zero-order chi connectivity index (χ0) is 14.9. The molecule has 0 aromatic heterocycles. The van der Waals surface area contributed by atoms with Crippen LogP contribution in [0.5, 0.6) is 11.5 Å². The van der Waals surface area contributed by atoms with Gasteiger partial charge in [0.05, 0.1) is 0 Å². The van der Waals surface area contributed by atoms with Crippen LogP contribution < -0.4 is 9.47 Å². The molecule has 0 N–H and O–H groups in total. The van der Waals surface area contributed by atoms with Crippen molar-refractivity contribution in [1.29, 1.82) is 0 Å². The summed E-state index contributed by atoms with van der Waals surface area (Å²) >= 11 is 0. The lowest BCUT2D eigenvalue weighted by Crippen LogP contribution is -2.20. The Hall–Kier alpha value is -2.33. The minimum atomic E-state index is 0.147. The van der Waals surface area contributed by atoms with Crippen LogP contribution in [-0.4, -0.2) is 24.0 Å². The topological polar surface area (TPSA) is 38.8 Å². The summed E-state index contributed by atoms with van der Waals surface area (Å²) in [6, 6.07) is 13.9. The second kappa shape index (κ2) is 5.46. The monoisotopic (exact) mass is 295 g/mol. The molecule has 4 heteroatoms. The Bertz CT molecular complexity index is 701. The zero-order valence-corrected chi connectivity index (χ0v) is 12.2. The third kappa shape index (κ3) is 2.46. The Morgan fingerprint density at radius 2 is 1.73 bits per heavy atom. The van der Waals surface area contributed by atoms with Gasteiger partial charge < -0.3 is 9.47 Å². The summed E-state index contributed by atoms with van der Waals surface area (Å²) < 4.78 is 10.6. The largest absolute Gasteiger partial charge is 0.454 e. The summed E-state index contributed by atoms with van der Waals surface area (Å²) in [5.74, 6) is 1.53. The lowest BCUT2D eigenvalue weighted by Gasteiger charge is -2.14. The highest BCUT2D eigenvalue weighted by molar-refractivity contribution is 5.96. The molecule has 4 nitrogen and oxygen atoms in total. The molecule has 2 aliphatic rings. The van der Waals surface area contributed by atoms with E-state index in [0.717, 1.165) is 19.6 Å². The van der Waals surface area contributed by atoms with Gasteiger partial charge in [0.2, 0.25) is 6.79 Å². The van der Waals surface area contributed by atoms with Crippen LogP contribution in [0, 0.1) is 0 Å². The second-order valence-corrected chi connectivity index (χ2v) is 5.72. The van der Waals surface area contributed by atoms with Crippen LogP contribution in [0.4, 0.5) is 0 Å². The molecule has 0 atom stereocenters. The van der Waals surface area contributed by atoms with Crippen molar-refractivity contribution in [3.8, 4) is 11.5 Å². The minimum absolute atomic E-state index is 0.147. The predicted molar refractivity (Wildman–Crippen MR) is 82.1 cm³/mol. The van der Waals surface area contributed by atoms with Gasteiger partial charge in [0, 0.05) is 31.6 Å². The van der Waals surface area contributed by atoms with E-state index in [2.05, 4.69) is 29.2 Å². The average Bonchev–Trinajstić information content (AvgIpc) is 3.17. The van der Waals surface area contributed by atoms with Crippen molar-refractivity contribution in [2.24, 2.45) is 0 Å². The van der Waals surface area contributed by atoms with E-state index in [0.29, 0.717) is 23.5 Å². The molecule has 0 bridgehead atoms. The Morgan fingerprint density at radius 3 is 2.50 bits per heavy atom. The molecule has 0 unspecified atom stereocenters. The molecule has 112 valence electrons. The van der Waals surface area contributed by atoms with Crippen molar-refractivity contribution in [3.63, 3.8) is 0 Å². The fourth-order valence-electron chi connectivity index (χ4n) is 3.04. The van der Waals surface area contributed by atoms with Gasteiger partial charge in [-0.1, -0.05) is 24.3 Å². The summed E-state index contributed by atoms with van der Waals surface area (Å²) in [6.07, 6.45) is 0.521. The van der Waals surface area contributed by atoms with Crippen LogP contribution in [-0.2, 0) is 13.1 Å². The average molecular weight is 295 g/mol. The maximum absolute atomic E-state index is 12.4. The van der Waals surface area contributed by atoms with Crippen molar-refractivity contribution in [2.75, 3.05) is 13.3 Å². The van der Waals surface area contributed by atoms with E-state index < -0.39 is 0 Å².